The minimum atomic E-state index is 0.798. The second-order valence-electron chi connectivity index (χ2n) is 2.59. The Morgan fingerprint density at radius 1 is 1.36 bits per heavy atom. The van der Waals surface area contributed by atoms with Gasteiger partial charge in [0, 0.05) is 0 Å². The fraction of sp³-hybridized carbons (Fsp3) is 0.429. The Kier molecular flexibility index (Phi) is 1.38. The zero-order valence-electron chi connectivity index (χ0n) is 6.27. The number of hydrazine groups is 1. The van der Waals surface area contributed by atoms with Gasteiger partial charge in [-0.1, -0.05) is 6.58 Å². The minimum Gasteiger partial charge on any atom is -0.272 e. The summed E-state index contributed by atoms with van der Waals surface area (Å²) in [6, 6.07) is 0. The van der Waals surface area contributed by atoms with Crippen molar-refractivity contribution in [3.8, 4) is 0 Å². The molecule has 0 spiro atoms. The smallest absolute Gasteiger partial charge is 0.110 e. The van der Waals surface area contributed by atoms with Crippen LogP contribution in [0.3, 0.4) is 0 Å². The Morgan fingerprint density at radius 3 is 2.82 bits per heavy atom. The van der Waals surface area contributed by atoms with Crippen LogP contribution in [-0.4, -0.2) is 42.3 Å². The van der Waals surface area contributed by atoms with Crippen LogP contribution in [0.25, 0.3) is 0 Å². The van der Waals surface area contributed by atoms with Gasteiger partial charge in [0.1, 0.15) is 12.7 Å². The lowest BCUT2D eigenvalue weighted by atomic mass is 10.5. The molecule has 0 aromatic rings. The highest BCUT2D eigenvalue weighted by atomic mass is 15.6. The van der Waals surface area contributed by atoms with E-state index < -0.39 is 0 Å². The second-order valence-corrected chi connectivity index (χ2v) is 2.59. The number of hydrogen-bond acceptors (Lipinski definition) is 4. The molecule has 2 aliphatic rings. The van der Waals surface area contributed by atoms with E-state index in [4.69, 9.17) is 0 Å². The molecule has 0 aliphatic carbocycles. The molecule has 0 bridgehead atoms. The summed E-state index contributed by atoms with van der Waals surface area (Å²) in [6.45, 7) is 6.41. The van der Waals surface area contributed by atoms with Gasteiger partial charge in [-0.15, -0.1) is 0 Å². The summed E-state index contributed by atoms with van der Waals surface area (Å²) in [5.74, 6) is 0. The number of hydrogen-bond donors (Lipinski definition) is 0. The Bertz CT molecular complexity index is 231. The summed E-state index contributed by atoms with van der Waals surface area (Å²) in [7, 11) is 0. The summed E-state index contributed by atoms with van der Waals surface area (Å²) in [4.78, 5) is 8.17. The lowest BCUT2D eigenvalue weighted by Gasteiger charge is -2.24. The van der Waals surface area contributed by atoms with Crippen LogP contribution in [-0.2, 0) is 0 Å². The fourth-order valence-corrected chi connectivity index (χ4v) is 1.14. The van der Waals surface area contributed by atoms with E-state index in [1.807, 2.05) is 16.4 Å². The normalized spacial score (nSPS) is 22.4. The molecule has 0 aromatic carbocycles. The third-order valence-corrected chi connectivity index (χ3v) is 1.72. The molecule has 0 radical (unpaired) electrons. The molecule has 2 rings (SSSR count). The summed E-state index contributed by atoms with van der Waals surface area (Å²) in [5.41, 5.74) is 0.908. The first-order chi connectivity index (χ1) is 5.36. The van der Waals surface area contributed by atoms with E-state index in [1.54, 1.807) is 6.34 Å². The van der Waals surface area contributed by atoms with E-state index in [0.717, 1.165) is 25.3 Å². The molecule has 0 fully saturated rings. The van der Waals surface area contributed by atoms with Crippen LogP contribution >= 0.6 is 0 Å². The first kappa shape index (κ1) is 6.39. The van der Waals surface area contributed by atoms with E-state index >= 15 is 0 Å². The largest absolute Gasteiger partial charge is 0.272 e. The molecule has 0 atom stereocenters. The van der Waals surface area contributed by atoms with Crippen LogP contribution in [0.2, 0.25) is 0 Å². The molecule has 0 N–H and O–H groups in total. The van der Waals surface area contributed by atoms with Crippen molar-refractivity contribution in [1.82, 2.24) is 10.0 Å². The van der Waals surface area contributed by atoms with E-state index in [0.29, 0.717) is 0 Å². The highest BCUT2D eigenvalue weighted by molar-refractivity contribution is 5.66. The first-order valence-electron chi connectivity index (χ1n) is 3.61. The standard InChI is InChI=1S/C7H10N4/c1-7-4-11(6-9-7)10-3-2-8-5-10/h5-6H,1-4H2. The monoisotopic (exact) mass is 150 g/mol. The van der Waals surface area contributed by atoms with Crippen molar-refractivity contribution in [2.24, 2.45) is 9.98 Å². The molecule has 4 heteroatoms. The average Bonchev–Trinajstić information content (AvgIpc) is 2.55. The summed E-state index contributed by atoms with van der Waals surface area (Å²) < 4.78 is 0. The van der Waals surface area contributed by atoms with E-state index in [2.05, 4.69) is 16.6 Å². The van der Waals surface area contributed by atoms with Crippen molar-refractivity contribution in [2.45, 2.75) is 0 Å². The van der Waals surface area contributed by atoms with Gasteiger partial charge < -0.3 is 0 Å². The molecular formula is C7H10N4. The SMILES string of the molecule is C=C1CN(N2C=NCC2)C=N1. The molecule has 0 amide bonds. The Morgan fingerprint density at radius 2 is 2.27 bits per heavy atom. The second kappa shape index (κ2) is 2.38. The van der Waals surface area contributed by atoms with Gasteiger partial charge in [-0.05, 0) is 0 Å². The molecule has 0 saturated carbocycles. The molecule has 58 valence electrons. The van der Waals surface area contributed by atoms with E-state index in [-0.39, 0.29) is 0 Å². The van der Waals surface area contributed by atoms with Gasteiger partial charge in [0.05, 0.1) is 25.3 Å². The van der Waals surface area contributed by atoms with Crippen molar-refractivity contribution >= 4 is 12.7 Å². The van der Waals surface area contributed by atoms with Gasteiger partial charge in [-0.25, -0.2) is 4.99 Å². The van der Waals surface area contributed by atoms with Crippen LogP contribution in [0.4, 0.5) is 0 Å². The van der Waals surface area contributed by atoms with Crippen LogP contribution in [0.5, 0.6) is 0 Å². The third kappa shape index (κ3) is 1.11. The van der Waals surface area contributed by atoms with Gasteiger partial charge in [0.25, 0.3) is 0 Å². The highest BCUT2D eigenvalue weighted by Crippen LogP contribution is 2.08. The van der Waals surface area contributed by atoms with Crippen molar-refractivity contribution in [2.75, 3.05) is 19.6 Å². The van der Waals surface area contributed by atoms with Gasteiger partial charge in [-0.3, -0.25) is 15.0 Å². The molecule has 0 aromatic heterocycles. The van der Waals surface area contributed by atoms with Crippen LogP contribution < -0.4 is 0 Å². The first-order valence-corrected chi connectivity index (χ1v) is 3.61. The van der Waals surface area contributed by atoms with E-state index in [1.165, 1.54) is 0 Å². The minimum absolute atomic E-state index is 0.798. The molecule has 0 saturated heterocycles. The lowest BCUT2D eigenvalue weighted by Crippen LogP contribution is -2.38. The molecule has 0 unspecified atom stereocenters. The number of nitrogens with zero attached hydrogens (tertiary/aromatic N) is 4. The molecule has 2 heterocycles. The van der Waals surface area contributed by atoms with Gasteiger partial charge in [-0.2, -0.15) is 0 Å². The summed E-state index contributed by atoms with van der Waals surface area (Å²) >= 11 is 0. The fourth-order valence-electron chi connectivity index (χ4n) is 1.14. The van der Waals surface area contributed by atoms with Crippen molar-refractivity contribution in [3.05, 3.63) is 12.3 Å². The van der Waals surface area contributed by atoms with Crippen LogP contribution in [0.15, 0.2) is 22.3 Å². The Labute approximate surface area is 65.5 Å². The average molecular weight is 150 g/mol. The van der Waals surface area contributed by atoms with Crippen molar-refractivity contribution < 1.29 is 0 Å². The molecule has 11 heavy (non-hydrogen) atoms. The van der Waals surface area contributed by atoms with E-state index in [9.17, 15) is 0 Å². The molecule has 2 aliphatic heterocycles. The zero-order chi connectivity index (χ0) is 7.68. The van der Waals surface area contributed by atoms with Gasteiger partial charge >= 0.3 is 0 Å². The van der Waals surface area contributed by atoms with Crippen molar-refractivity contribution in [3.63, 3.8) is 0 Å². The maximum absolute atomic E-state index is 4.10. The summed E-state index contributed by atoms with van der Waals surface area (Å²) in [5, 5.41) is 4.06. The Hall–Kier alpha value is -1.32. The molecule has 4 nitrogen and oxygen atoms in total. The number of aliphatic imine (C=N–C) groups is 2. The lowest BCUT2D eigenvalue weighted by molar-refractivity contribution is 0.182. The maximum Gasteiger partial charge on any atom is 0.110 e. The maximum atomic E-state index is 4.10. The van der Waals surface area contributed by atoms with Crippen LogP contribution in [0.1, 0.15) is 0 Å². The quantitative estimate of drug-likeness (QED) is 0.531. The predicted molar refractivity (Wildman–Crippen MR) is 44.4 cm³/mol. The van der Waals surface area contributed by atoms with Crippen molar-refractivity contribution in [1.29, 1.82) is 0 Å². The third-order valence-electron chi connectivity index (χ3n) is 1.72. The van der Waals surface area contributed by atoms with Gasteiger partial charge in [0.15, 0.2) is 0 Å². The Balaban J connectivity index is 2.01. The topological polar surface area (TPSA) is 31.2 Å². The molecular weight excluding hydrogens is 140 g/mol. The zero-order valence-corrected chi connectivity index (χ0v) is 6.27. The predicted octanol–water partition coefficient (Wildman–Crippen LogP) is 0.103. The van der Waals surface area contributed by atoms with Crippen LogP contribution in [0, 0.1) is 0 Å². The number of rotatable bonds is 1. The van der Waals surface area contributed by atoms with Gasteiger partial charge in [0.2, 0.25) is 0 Å². The summed E-state index contributed by atoms with van der Waals surface area (Å²) in [6.07, 6.45) is 3.63. The highest BCUT2D eigenvalue weighted by Gasteiger charge is 2.16.